The first-order chi connectivity index (χ1) is 14.1. The summed E-state index contributed by atoms with van der Waals surface area (Å²) in [4.78, 5) is 0. The molecule has 12 atom stereocenters. The highest BCUT2D eigenvalue weighted by molar-refractivity contribution is 8.00. The Labute approximate surface area is 177 Å². The third-order valence-corrected chi connectivity index (χ3v) is 10.4. The summed E-state index contributed by atoms with van der Waals surface area (Å²) in [5.74, 6) is 1.64. The first-order valence-electron chi connectivity index (χ1n) is 11.9. The molecule has 0 radical (unpaired) electrons. The highest BCUT2D eigenvalue weighted by atomic mass is 32.2. The largest absolute Gasteiger partial charge is 0.311 e. The SMILES string of the molecule is CCC1NCC(C2CCCC3NC(C4CNC5C(F)C(F)C(F)CC45)CCC32)S1. The van der Waals surface area contributed by atoms with E-state index in [2.05, 4.69) is 34.6 Å². The molecule has 5 aliphatic rings. The van der Waals surface area contributed by atoms with Gasteiger partial charge in [0.1, 0.15) is 12.3 Å². The van der Waals surface area contributed by atoms with E-state index < -0.39 is 24.6 Å². The predicted octanol–water partition coefficient (Wildman–Crippen LogP) is 3.59. The van der Waals surface area contributed by atoms with Crippen molar-refractivity contribution in [2.75, 3.05) is 13.1 Å². The van der Waals surface area contributed by atoms with E-state index in [4.69, 9.17) is 0 Å². The maximum atomic E-state index is 14.4. The van der Waals surface area contributed by atoms with Crippen LogP contribution in [0.3, 0.4) is 0 Å². The number of fused-ring (bicyclic) bond motifs is 2. The highest BCUT2D eigenvalue weighted by Gasteiger charge is 2.54. The van der Waals surface area contributed by atoms with Gasteiger partial charge in [0.05, 0.1) is 5.37 Å². The smallest absolute Gasteiger partial charge is 0.164 e. The van der Waals surface area contributed by atoms with Gasteiger partial charge >= 0.3 is 0 Å². The third-order valence-electron chi connectivity index (χ3n) is 8.70. The molecule has 12 unspecified atom stereocenters. The first kappa shape index (κ1) is 20.9. The van der Waals surface area contributed by atoms with Crippen LogP contribution in [-0.2, 0) is 0 Å². The molecule has 0 amide bonds. The van der Waals surface area contributed by atoms with Gasteiger partial charge in [-0.15, -0.1) is 11.8 Å². The van der Waals surface area contributed by atoms with E-state index in [1.807, 2.05) is 0 Å². The molecule has 166 valence electrons. The number of alkyl halides is 3. The monoisotopic (exact) mass is 431 g/mol. The van der Waals surface area contributed by atoms with Crippen LogP contribution < -0.4 is 16.0 Å². The Kier molecular flexibility index (Phi) is 6.13. The van der Waals surface area contributed by atoms with Gasteiger partial charge in [0.15, 0.2) is 6.17 Å². The van der Waals surface area contributed by atoms with Gasteiger partial charge in [0, 0.05) is 36.5 Å². The van der Waals surface area contributed by atoms with Crippen LogP contribution in [0, 0.1) is 23.7 Å². The van der Waals surface area contributed by atoms with E-state index in [9.17, 15) is 13.2 Å². The third kappa shape index (κ3) is 3.76. The van der Waals surface area contributed by atoms with Crippen LogP contribution in [0.4, 0.5) is 13.2 Å². The maximum absolute atomic E-state index is 14.4. The van der Waals surface area contributed by atoms with Crippen molar-refractivity contribution in [1.29, 1.82) is 0 Å². The standard InChI is InChI=1S/C22H36F3N3S/c1-2-19-26-10-18(29-19)12-4-3-5-16-11(12)6-7-17(28-16)14-9-27-22-13(14)8-15(23)20(24)21(22)25/h11-22,26-28H,2-10H2,1H3. The summed E-state index contributed by atoms with van der Waals surface area (Å²) in [5, 5.41) is 12.2. The van der Waals surface area contributed by atoms with Crippen LogP contribution in [0.15, 0.2) is 0 Å². The molecule has 3 nitrogen and oxygen atoms in total. The fourth-order valence-electron chi connectivity index (χ4n) is 7.24. The van der Waals surface area contributed by atoms with Gasteiger partial charge in [-0.1, -0.05) is 13.3 Å². The first-order valence-corrected chi connectivity index (χ1v) is 12.8. The Hall–Kier alpha value is 0.0200. The zero-order chi connectivity index (χ0) is 20.1. The number of piperidine rings is 1. The molecule has 0 aromatic carbocycles. The van der Waals surface area contributed by atoms with Crippen molar-refractivity contribution < 1.29 is 13.2 Å². The lowest BCUT2D eigenvalue weighted by Gasteiger charge is -2.48. The number of halogens is 3. The van der Waals surface area contributed by atoms with Gasteiger partial charge < -0.3 is 16.0 Å². The summed E-state index contributed by atoms with van der Waals surface area (Å²) in [6.45, 7) is 4.08. The van der Waals surface area contributed by atoms with Gasteiger partial charge in [0.25, 0.3) is 0 Å². The Morgan fingerprint density at radius 3 is 2.45 bits per heavy atom. The minimum atomic E-state index is -1.96. The zero-order valence-corrected chi connectivity index (χ0v) is 18.2. The molecule has 0 spiro atoms. The number of rotatable bonds is 3. The molecule has 2 saturated carbocycles. The molecule has 3 N–H and O–H groups in total. The summed E-state index contributed by atoms with van der Waals surface area (Å²) in [7, 11) is 0. The molecule has 0 bridgehead atoms. The van der Waals surface area contributed by atoms with Crippen molar-refractivity contribution in [3.63, 3.8) is 0 Å². The Bertz CT molecular complexity index is 584. The summed E-state index contributed by atoms with van der Waals surface area (Å²) < 4.78 is 42.3. The van der Waals surface area contributed by atoms with Gasteiger partial charge in [-0.05, 0) is 62.2 Å². The van der Waals surface area contributed by atoms with Crippen LogP contribution in [0.2, 0.25) is 0 Å². The second-order valence-corrected chi connectivity index (χ2v) is 11.5. The Balaban J connectivity index is 1.24. The molecule has 5 fully saturated rings. The van der Waals surface area contributed by atoms with Gasteiger partial charge in [-0.25, -0.2) is 13.2 Å². The highest BCUT2D eigenvalue weighted by Crippen LogP contribution is 2.47. The van der Waals surface area contributed by atoms with Crippen molar-refractivity contribution in [2.45, 2.75) is 99.1 Å². The fourth-order valence-corrected chi connectivity index (χ4v) is 8.78. The molecular formula is C22H36F3N3S. The number of hydrogen-bond donors (Lipinski definition) is 3. The average Bonchev–Trinajstić information content (AvgIpc) is 3.38. The predicted molar refractivity (Wildman–Crippen MR) is 112 cm³/mol. The van der Waals surface area contributed by atoms with Crippen LogP contribution >= 0.6 is 11.8 Å². The van der Waals surface area contributed by atoms with Crippen LogP contribution in [-0.4, -0.2) is 60.4 Å². The summed E-state index contributed by atoms with van der Waals surface area (Å²) >= 11 is 2.15. The quantitative estimate of drug-likeness (QED) is 0.638. The Morgan fingerprint density at radius 1 is 0.828 bits per heavy atom. The molecule has 3 heterocycles. The molecule has 0 aromatic rings. The van der Waals surface area contributed by atoms with E-state index in [0.717, 1.165) is 30.1 Å². The molecule has 2 aliphatic carbocycles. The lowest BCUT2D eigenvalue weighted by Crippen LogP contribution is -2.57. The van der Waals surface area contributed by atoms with E-state index in [1.54, 1.807) is 0 Å². The molecule has 7 heteroatoms. The normalized spacial score (nSPS) is 55.4. The topological polar surface area (TPSA) is 36.1 Å². The number of thioether (sulfide) groups is 1. The van der Waals surface area contributed by atoms with E-state index in [-0.39, 0.29) is 18.3 Å². The fraction of sp³-hybridized carbons (Fsp3) is 1.00. The number of nitrogens with one attached hydrogen (secondary N) is 3. The second kappa shape index (κ2) is 8.51. The summed E-state index contributed by atoms with van der Waals surface area (Å²) in [6, 6.07) is 0.339. The van der Waals surface area contributed by atoms with Crippen molar-refractivity contribution in [1.82, 2.24) is 16.0 Å². The summed E-state index contributed by atoms with van der Waals surface area (Å²) in [5.41, 5.74) is 0. The Morgan fingerprint density at radius 2 is 1.66 bits per heavy atom. The zero-order valence-electron chi connectivity index (χ0n) is 17.3. The molecule has 0 aromatic heterocycles. The minimum absolute atomic E-state index is 0.0830. The van der Waals surface area contributed by atoms with Crippen molar-refractivity contribution in [3.8, 4) is 0 Å². The molecule has 29 heavy (non-hydrogen) atoms. The van der Waals surface area contributed by atoms with Gasteiger partial charge in [-0.2, -0.15) is 0 Å². The van der Waals surface area contributed by atoms with Crippen molar-refractivity contribution in [3.05, 3.63) is 0 Å². The molecule has 3 aliphatic heterocycles. The van der Waals surface area contributed by atoms with E-state index >= 15 is 0 Å². The second-order valence-electron chi connectivity index (χ2n) is 10.1. The molecular weight excluding hydrogens is 395 g/mol. The maximum Gasteiger partial charge on any atom is 0.164 e. The number of hydrogen-bond acceptors (Lipinski definition) is 4. The average molecular weight is 432 g/mol. The van der Waals surface area contributed by atoms with Crippen LogP contribution in [0.25, 0.3) is 0 Å². The lowest BCUT2D eigenvalue weighted by molar-refractivity contribution is -0.00885. The molecule has 5 rings (SSSR count). The summed E-state index contributed by atoms with van der Waals surface area (Å²) in [6.07, 6.45) is 2.17. The van der Waals surface area contributed by atoms with Gasteiger partial charge in [-0.3, -0.25) is 0 Å². The van der Waals surface area contributed by atoms with E-state index in [1.165, 1.54) is 32.1 Å². The molecule has 3 saturated heterocycles. The van der Waals surface area contributed by atoms with E-state index in [0.29, 0.717) is 24.0 Å². The van der Waals surface area contributed by atoms with Gasteiger partial charge in [0.2, 0.25) is 0 Å². The van der Waals surface area contributed by atoms with Crippen LogP contribution in [0.1, 0.15) is 51.9 Å². The minimum Gasteiger partial charge on any atom is -0.311 e. The van der Waals surface area contributed by atoms with Crippen molar-refractivity contribution in [2.24, 2.45) is 23.7 Å². The van der Waals surface area contributed by atoms with Crippen LogP contribution in [0.5, 0.6) is 0 Å². The lowest BCUT2D eigenvalue weighted by atomic mass is 9.66. The van der Waals surface area contributed by atoms with Crippen molar-refractivity contribution >= 4 is 11.8 Å².